The molecule has 1 fully saturated rings. The average Bonchev–Trinajstić information content (AvgIpc) is 2.40. The molecule has 64 valence electrons. The standard InChI is InChI=1S/C7H12O3S/c1-2-5(7(8)11)6-3-9-4-10-6/h5-6H,2-4H2,1H3,(H,8,11). The van der Waals surface area contributed by atoms with Crippen LogP contribution in [0.15, 0.2) is 0 Å². The first-order valence-electron chi connectivity index (χ1n) is 3.68. The van der Waals surface area contributed by atoms with Gasteiger partial charge in [0.1, 0.15) is 6.79 Å². The third kappa shape index (κ3) is 2.18. The van der Waals surface area contributed by atoms with Crippen molar-refractivity contribution in [1.82, 2.24) is 0 Å². The fourth-order valence-electron chi connectivity index (χ4n) is 1.18. The third-order valence-electron chi connectivity index (χ3n) is 1.85. The van der Waals surface area contributed by atoms with E-state index < -0.39 is 0 Å². The van der Waals surface area contributed by atoms with Crippen molar-refractivity contribution >= 4 is 17.7 Å². The molecule has 0 N–H and O–H groups in total. The Morgan fingerprint density at radius 3 is 2.91 bits per heavy atom. The second-order valence-electron chi connectivity index (χ2n) is 2.55. The summed E-state index contributed by atoms with van der Waals surface area (Å²) in [5, 5.41) is -0.108. The fourth-order valence-corrected chi connectivity index (χ4v) is 1.53. The molecule has 4 heteroatoms. The zero-order valence-corrected chi connectivity index (χ0v) is 7.34. The highest BCUT2D eigenvalue weighted by Gasteiger charge is 2.28. The molecule has 0 radical (unpaired) electrons. The monoisotopic (exact) mass is 176 g/mol. The van der Waals surface area contributed by atoms with Gasteiger partial charge in [-0.15, -0.1) is 12.6 Å². The maximum absolute atomic E-state index is 10.9. The van der Waals surface area contributed by atoms with Crippen LogP contribution in [0.2, 0.25) is 0 Å². The van der Waals surface area contributed by atoms with Crippen molar-refractivity contribution in [2.75, 3.05) is 13.4 Å². The molecule has 1 aliphatic rings. The molecule has 0 aromatic carbocycles. The van der Waals surface area contributed by atoms with E-state index in [0.29, 0.717) is 13.4 Å². The maximum atomic E-state index is 10.9. The molecule has 0 amide bonds. The lowest BCUT2D eigenvalue weighted by molar-refractivity contribution is -0.117. The minimum atomic E-state index is -0.110. The van der Waals surface area contributed by atoms with Crippen molar-refractivity contribution in [1.29, 1.82) is 0 Å². The Kier molecular flexibility index (Phi) is 3.36. The van der Waals surface area contributed by atoms with Crippen LogP contribution in [0.4, 0.5) is 0 Å². The summed E-state index contributed by atoms with van der Waals surface area (Å²) in [7, 11) is 0. The van der Waals surface area contributed by atoms with E-state index in [2.05, 4.69) is 12.6 Å². The molecule has 2 atom stereocenters. The van der Waals surface area contributed by atoms with Gasteiger partial charge in [0.25, 0.3) is 0 Å². The van der Waals surface area contributed by atoms with Crippen molar-refractivity contribution in [3.63, 3.8) is 0 Å². The number of ether oxygens (including phenoxy) is 2. The number of hydrogen-bond donors (Lipinski definition) is 1. The van der Waals surface area contributed by atoms with E-state index >= 15 is 0 Å². The average molecular weight is 176 g/mol. The molecule has 1 saturated heterocycles. The number of hydrogen-bond acceptors (Lipinski definition) is 3. The summed E-state index contributed by atoms with van der Waals surface area (Å²) in [5.41, 5.74) is 0. The SMILES string of the molecule is CCC(C(=O)S)C1COCO1. The summed E-state index contributed by atoms with van der Waals surface area (Å²) in [4.78, 5) is 10.9. The van der Waals surface area contributed by atoms with Crippen LogP contribution in [0.25, 0.3) is 0 Å². The van der Waals surface area contributed by atoms with Crippen molar-refractivity contribution in [2.24, 2.45) is 5.92 Å². The van der Waals surface area contributed by atoms with Gasteiger partial charge in [0.05, 0.1) is 18.6 Å². The maximum Gasteiger partial charge on any atom is 0.191 e. The van der Waals surface area contributed by atoms with Gasteiger partial charge in [-0.2, -0.15) is 0 Å². The molecule has 2 unspecified atom stereocenters. The molecule has 0 saturated carbocycles. The van der Waals surface area contributed by atoms with Gasteiger partial charge in [0.2, 0.25) is 0 Å². The van der Waals surface area contributed by atoms with Gasteiger partial charge >= 0.3 is 0 Å². The first-order valence-corrected chi connectivity index (χ1v) is 4.12. The summed E-state index contributed by atoms with van der Waals surface area (Å²) < 4.78 is 10.2. The predicted molar refractivity (Wildman–Crippen MR) is 43.5 cm³/mol. The summed E-state index contributed by atoms with van der Waals surface area (Å²) in [6.45, 7) is 2.77. The molecule has 0 spiro atoms. The molecule has 11 heavy (non-hydrogen) atoms. The van der Waals surface area contributed by atoms with E-state index in [1.807, 2.05) is 6.92 Å². The van der Waals surface area contributed by atoms with Crippen LogP contribution in [0.3, 0.4) is 0 Å². The predicted octanol–water partition coefficient (Wildman–Crippen LogP) is 0.842. The number of carbonyl (C=O) groups is 1. The second-order valence-corrected chi connectivity index (χ2v) is 2.99. The zero-order chi connectivity index (χ0) is 8.27. The van der Waals surface area contributed by atoms with Crippen molar-refractivity contribution in [3.8, 4) is 0 Å². The molecule has 0 bridgehead atoms. The Bertz CT molecular complexity index is 143. The van der Waals surface area contributed by atoms with E-state index in [4.69, 9.17) is 9.47 Å². The Hall–Kier alpha value is -0.0600. The number of rotatable bonds is 3. The van der Waals surface area contributed by atoms with Crippen LogP contribution in [0.1, 0.15) is 13.3 Å². The smallest absolute Gasteiger partial charge is 0.191 e. The fraction of sp³-hybridized carbons (Fsp3) is 0.857. The molecule has 0 aliphatic carbocycles. The van der Waals surface area contributed by atoms with Crippen LogP contribution in [-0.4, -0.2) is 24.6 Å². The van der Waals surface area contributed by atoms with E-state index in [9.17, 15) is 4.79 Å². The highest BCUT2D eigenvalue weighted by Crippen LogP contribution is 2.19. The lowest BCUT2D eigenvalue weighted by Gasteiger charge is -2.15. The molecule has 3 nitrogen and oxygen atoms in total. The topological polar surface area (TPSA) is 35.5 Å². The molecular formula is C7H12O3S. The minimum absolute atomic E-state index is 0.0787. The van der Waals surface area contributed by atoms with Crippen LogP contribution < -0.4 is 0 Å². The van der Waals surface area contributed by atoms with Gasteiger partial charge in [-0.1, -0.05) is 6.92 Å². The molecule has 0 aromatic heterocycles. The summed E-state index contributed by atoms with van der Waals surface area (Å²) in [5.74, 6) is -0.110. The van der Waals surface area contributed by atoms with Gasteiger partial charge in [-0.3, -0.25) is 4.79 Å². The van der Waals surface area contributed by atoms with Gasteiger partial charge in [0, 0.05) is 0 Å². The Labute approximate surface area is 71.5 Å². The van der Waals surface area contributed by atoms with Crippen LogP contribution in [-0.2, 0) is 14.3 Å². The van der Waals surface area contributed by atoms with Gasteiger partial charge in [-0.25, -0.2) is 0 Å². The first-order chi connectivity index (χ1) is 5.25. The largest absolute Gasteiger partial charge is 0.353 e. The second kappa shape index (κ2) is 4.09. The normalized spacial score (nSPS) is 26.9. The number of thiol groups is 1. The quantitative estimate of drug-likeness (QED) is 0.647. The Morgan fingerprint density at radius 2 is 2.55 bits per heavy atom. The van der Waals surface area contributed by atoms with Gasteiger partial charge < -0.3 is 9.47 Å². The first kappa shape index (κ1) is 9.03. The van der Waals surface area contributed by atoms with Crippen molar-refractivity contribution < 1.29 is 14.3 Å². The molecule has 1 aliphatic heterocycles. The summed E-state index contributed by atoms with van der Waals surface area (Å²) in [6, 6.07) is 0. The van der Waals surface area contributed by atoms with Gasteiger partial charge in [-0.05, 0) is 6.42 Å². The third-order valence-corrected chi connectivity index (χ3v) is 2.19. The minimum Gasteiger partial charge on any atom is -0.353 e. The summed E-state index contributed by atoms with van der Waals surface area (Å²) in [6.07, 6.45) is 0.682. The van der Waals surface area contributed by atoms with E-state index in [1.165, 1.54) is 0 Å². The van der Waals surface area contributed by atoms with Crippen LogP contribution in [0, 0.1) is 5.92 Å². The number of carbonyl (C=O) groups excluding carboxylic acids is 1. The lowest BCUT2D eigenvalue weighted by Crippen LogP contribution is -2.26. The van der Waals surface area contributed by atoms with E-state index in [-0.39, 0.29) is 17.1 Å². The summed E-state index contributed by atoms with van der Waals surface area (Å²) >= 11 is 3.77. The zero-order valence-electron chi connectivity index (χ0n) is 6.45. The van der Waals surface area contributed by atoms with Crippen LogP contribution >= 0.6 is 12.6 Å². The van der Waals surface area contributed by atoms with Gasteiger partial charge in [0.15, 0.2) is 5.12 Å². The van der Waals surface area contributed by atoms with E-state index in [1.54, 1.807) is 0 Å². The molecule has 0 aromatic rings. The van der Waals surface area contributed by atoms with Crippen molar-refractivity contribution in [2.45, 2.75) is 19.4 Å². The highest BCUT2D eigenvalue weighted by molar-refractivity contribution is 7.96. The Balaban J connectivity index is 2.46. The van der Waals surface area contributed by atoms with Crippen molar-refractivity contribution in [3.05, 3.63) is 0 Å². The molecule has 1 heterocycles. The lowest BCUT2D eigenvalue weighted by atomic mass is 10.0. The highest BCUT2D eigenvalue weighted by atomic mass is 32.1. The van der Waals surface area contributed by atoms with Crippen LogP contribution in [0.5, 0.6) is 0 Å². The molecular weight excluding hydrogens is 164 g/mol. The van der Waals surface area contributed by atoms with E-state index in [0.717, 1.165) is 6.42 Å². The Morgan fingerprint density at radius 1 is 1.82 bits per heavy atom. The molecule has 1 rings (SSSR count).